The summed E-state index contributed by atoms with van der Waals surface area (Å²) in [5.41, 5.74) is -3.23. The second-order valence-corrected chi connectivity index (χ2v) is 10.2. The SMILES string of the molecule is C=CCC1(S(=O)(=O)Nc2c(OC)cc(F)c(F)c2N(C(=O)C(F)(F)F)c2ccc(CC)cc2F)CC1. The van der Waals surface area contributed by atoms with Gasteiger partial charge in [-0.1, -0.05) is 19.1 Å². The molecule has 0 radical (unpaired) electrons. The largest absolute Gasteiger partial charge is 0.494 e. The van der Waals surface area contributed by atoms with Crippen molar-refractivity contribution in [3.05, 3.63) is 59.9 Å². The van der Waals surface area contributed by atoms with E-state index in [9.17, 15) is 35.2 Å². The molecule has 1 aliphatic rings. The van der Waals surface area contributed by atoms with E-state index in [2.05, 4.69) is 6.58 Å². The molecule has 0 aliphatic heterocycles. The lowest BCUT2D eigenvalue weighted by Crippen LogP contribution is -2.40. The van der Waals surface area contributed by atoms with Crippen LogP contribution in [0.15, 0.2) is 36.9 Å². The van der Waals surface area contributed by atoms with Crippen LogP contribution in [-0.4, -0.2) is 32.4 Å². The lowest BCUT2D eigenvalue weighted by Gasteiger charge is -2.29. The number of amides is 1. The summed E-state index contributed by atoms with van der Waals surface area (Å²) in [7, 11) is -3.52. The number of hydrogen-bond acceptors (Lipinski definition) is 4. The number of allylic oxidation sites excluding steroid dienone is 1. The molecule has 1 amide bonds. The lowest BCUT2D eigenvalue weighted by atomic mass is 10.1. The van der Waals surface area contributed by atoms with Crippen molar-refractivity contribution in [3.63, 3.8) is 0 Å². The van der Waals surface area contributed by atoms with Crippen LogP contribution in [0.2, 0.25) is 0 Å². The molecule has 6 nitrogen and oxygen atoms in total. The number of sulfonamides is 1. The monoisotopic (exact) mass is 536 g/mol. The van der Waals surface area contributed by atoms with Crippen LogP contribution in [-0.2, 0) is 21.2 Å². The first-order valence-electron chi connectivity index (χ1n) is 10.6. The minimum absolute atomic E-state index is 0.0397. The number of carbonyl (C=O) groups excluding carboxylic acids is 1. The van der Waals surface area contributed by atoms with E-state index in [0.717, 1.165) is 19.2 Å². The van der Waals surface area contributed by atoms with Gasteiger partial charge in [0.05, 0.1) is 17.5 Å². The molecule has 0 bridgehead atoms. The molecule has 0 aromatic heterocycles. The first kappa shape index (κ1) is 27.4. The summed E-state index contributed by atoms with van der Waals surface area (Å²) in [6.45, 7) is 5.11. The van der Waals surface area contributed by atoms with Gasteiger partial charge in [-0.3, -0.25) is 14.4 Å². The standard InChI is InChI=1S/C23H22F6N2O4S/c1-4-8-22(9-10-22)36(33,34)30-19-17(35-3)12-15(25)18(26)20(19)31(21(32)23(27,28)29)16-7-6-13(5-2)11-14(16)24/h4,6-7,11-12,30H,1,5,8-10H2,2-3H3. The van der Waals surface area contributed by atoms with Crippen molar-refractivity contribution in [1.82, 2.24) is 0 Å². The molecule has 3 rings (SSSR count). The zero-order chi connectivity index (χ0) is 27.1. The Bertz CT molecular complexity index is 1310. The van der Waals surface area contributed by atoms with Crippen LogP contribution in [0.5, 0.6) is 5.75 Å². The molecule has 196 valence electrons. The van der Waals surface area contributed by atoms with Crippen molar-refractivity contribution < 1.29 is 44.3 Å². The van der Waals surface area contributed by atoms with E-state index >= 15 is 4.39 Å². The Kier molecular flexibility index (Phi) is 7.36. The van der Waals surface area contributed by atoms with E-state index in [1.54, 1.807) is 6.92 Å². The van der Waals surface area contributed by atoms with E-state index in [1.807, 2.05) is 4.72 Å². The Balaban J connectivity index is 2.35. The first-order chi connectivity index (χ1) is 16.7. The summed E-state index contributed by atoms with van der Waals surface area (Å²) < 4.78 is 117. The third-order valence-electron chi connectivity index (χ3n) is 5.84. The van der Waals surface area contributed by atoms with E-state index in [4.69, 9.17) is 4.74 Å². The average molecular weight is 536 g/mol. The zero-order valence-corrected chi connectivity index (χ0v) is 20.0. The van der Waals surface area contributed by atoms with Crippen LogP contribution in [0.25, 0.3) is 0 Å². The molecule has 0 unspecified atom stereocenters. The highest BCUT2D eigenvalue weighted by Crippen LogP contribution is 2.50. The third-order valence-corrected chi connectivity index (χ3v) is 8.03. The molecule has 1 aliphatic carbocycles. The van der Waals surface area contributed by atoms with Gasteiger partial charge < -0.3 is 4.74 Å². The molecular weight excluding hydrogens is 514 g/mol. The van der Waals surface area contributed by atoms with E-state index < -0.39 is 72.0 Å². The maximum absolute atomic E-state index is 15.2. The van der Waals surface area contributed by atoms with Gasteiger partial charge in [0.2, 0.25) is 10.0 Å². The summed E-state index contributed by atoms with van der Waals surface area (Å²) in [5, 5.41) is 0. The van der Waals surface area contributed by atoms with Gasteiger partial charge in [0.1, 0.15) is 22.9 Å². The number of halogens is 6. The normalized spacial score (nSPS) is 14.8. The molecular formula is C23H22F6N2O4S. The molecule has 2 aromatic rings. The van der Waals surface area contributed by atoms with Crippen LogP contribution in [0.1, 0.15) is 31.7 Å². The quantitative estimate of drug-likeness (QED) is 0.327. The van der Waals surface area contributed by atoms with Gasteiger partial charge >= 0.3 is 12.1 Å². The van der Waals surface area contributed by atoms with Crippen LogP contribution < -0.4 is 14.4 Å². The topological polar surface area (TPSA) is 75.7 Å². The molecule has 1 N–H and O–H groups in total. The van der Waals surface area contributed by atoms with Gasteiger partial charge in [0.25, 0.3) is 0 Å². The number of aryl methyl sites for hydroxylation is 1. The number of alkyl halides is 3. The summed E-state index contributed by atoms with van der Waals surface area (Å²) in [5.74, 6) is -8.66. The molecule has 1 fully saturated rings. The number of nitrogens with one attached hydrogen (secondary N) is 1. The van der Waals surface area contributed by atoms with Gasteiger partial charge in [-0.05, 0) is 43.4 Å². The minimum Gasteiger partial charge on any atom is -0.494 e. The van der Waals surface area contributed by atoms with Crippen LogP contribution >= 0.6 is 0 Å². The number of benzene rings is 2. The Morgan fingerprint density at radius 2 is 1.83 bits per heavy atom. The van der Waals surface area contributed by atoms with E-state index in [-0.39, 0.29) is 25.7 Å². The zero-order valence-electron chi connectivity index (χ0n) is 19.2. The van der Waals surface area contributed by atoms with Crippen molar-refractivity contribution in [2.24, 2.45) is 0 Å². The number of hydrogen-bond donors (Lipinski definition) is 1. The Morgan fingerprint density at radius 1 is 1.19 bits per heavy atom. The Labute approximate surface area is 203 Å². The molecule has 0 heterocycles. The van der Waals surface area contributed by atoms with Crippen molar-refractivity contribution in [1.29, 1.82) is 0 Å². The first-order valence-corrected chi connectivity index (χ1v) is 12.1. The minimum atomic E-state index is -5.68. The van der Waals surface area contributed by atoms with Gasteiger partial charge in [0.15, 0.2) is 11.6 Å². The summed E-state index contributed by atoms with van der Waals surface area (Å²) in [6, 6.07) is 3.20. The Morgan fingerprint density at radius 3 is 2.31 bits per heavy atom. The second kappa shape index (κ2) is 9.68. The summed E-state index contributed by atoms with van der Waals surface area (Å²) in [4.78, 5) is 12.0. The van der Waals surface area contributed by atoms with Crippen LogP contribution in [0, 0.1) is 17.5 Å². The number of anilines is 3. The summed E-state index contributed by atoms with van der Waals surface area (Å²) in [6.07, 6.45) is -3.80. The van der Waals surface area contributed by atoms with Gasteiger partial charge in [-0.15, -0.1) is 6.58 Å². The average Bonchev–Trinajstić information content (AvgIpc) is 3.59. The predicted molar refractivity (Wildman–Crippen MR) is 121 cm³/mol. The van der Waals surface area contributed by atoms with Crippen LogP contribution in [0.4, 0.5) is 43.4 Å². The molecule has 0 atom stereocenters. The maximum Gasteiger partial charge on any atom is 0.472 e. The number of methoxy groups -OCH3 is 1. The van der Waals surface area contributed by atoms with Crippen molar-refractivity contribution >= 4 is 33.0 Å². The number of nitrogens with zero attached hydrogens (tertiary/aromatic N) is 1. The highest BCUT2D eigenvalue weighted by molar-refractivity contribution is 7.94. The Hall–Kier alpha value is -3.22. The van der Waals surface area contributed by atoms with Gasteiger partial charge in [0, 0.05) is 6.07 Å². The van der Waals surface area contributed by atoms with Crippen molar-refractivity contribution in [3.8, 4) is 5.75 Å². The highest BCUT2D eigenvalue weighted by Gasteiger charge is 2.54. The second-order valence-electron chi connectivity index (χ2n) is 8.16. The van der Waals surface area contributed by atoms with Crippen molar-refractivity contribution in [2.45, 2.75) is 43.5 Å². The fourth-order valence-corrected chi connectivity index (χ4v) is 5.36. The van der Waals surface area contributed by atoms with E-state index in [1.165, 1.54) is 12.1 Å². The smallest absolute Gasteiger partial charge is 0.472 e. The van der Waals surface area contributed by atoms with Gasteiger partial charge in [-0.25, -0.2) is 21.6 Å². The molecule has 2 aromatic carbocycles. The molecule has 0 saturated heterocycles. The number of ether oxygens (including phenoxy) is 1. The van der Waals surface area contributed by atoms with Gasteiger partial charge in [-0.2, -0.15) is 13.2 Å². The third kappa shape index (κ3) is 4.88. The molecule has 1 saturated carbocycles. The van der Waals surface area contributed by atoms with Crippen LogP contribution in [0.3, 0.4) is 0 Å². The van der Waals surface area contributed by atoms with E-state index in [0.29, 0.717) is 11.6 Å². The fraction of sp³-hybridized carbons (Fsp3) is 0.348. The lowest BCUT2D eigenvalue weighted by molar-refractivity contribution is -0.169. The molecule has 36 heavy (non-hydrogen) atoms. The maximum atomic E-state index is 15.2. The number of carbonyl (C=O) groups is 1. The fourth-order valence-electron chi connectivity index (χ4n) is 3.70. The predicted octanol–water partition coefficient (Wildman–Crippen LogP) is 5.75. The molecule has 13 heteroatoms. The molecule has 0 spiro atoms. The van der Waals surface area contributed by atoms with Crippen molar-refractivity contribution in [2.75, 3.05) is 16.7 Å². The highest BCUT2D eigenvalue weighted by atomic mass is 32.2. The number of rotatable bonds is 9. The summed E-state index contributed by atoms with van der Waals surface area (Å²) >= 11 is 0.